The van der Waals surface area contributed by atoms with Crippen molar-refractivity contribution in [3.8, 4) is 0 Å². The molecule has 3 nitrogen and oxygen atoms in total. The minimum atomic E-state index is 0.570. The average Bonchev–Trinajstić information content (AvgIpc) is 2.52. The summed E-state index contributed by atoms with van der Waals surface area (Å²) >= 11 is 0. The zero-order valence-electron chi connectivity index (χ0n) is 7.09. The Balaban J connectivity index is 2.23. The van der Waals surface area contributed by atoms with Crippen molar-refractivity contribution in [1.29, 1.82) is 0 Å². The molecule has 0 fully saturated rings. The van der Waals surface area contributed by atoms with E-state index in [9.17, 15) is 0 Å². The Bertz CT molecular complexity index is 181. The zero-order chi connectivity index (χ0) is 8.10. The van der Waals surface area contributed by atoms with E-state index in [0.29, 0.717) is 6.04 Å². The molecule has 0 amide bonds. The monoisotopic (exact) mass is 153 g/mol. The van der Waals surface area contributed by atoms with Gasteiger partial charge in [-0.2, -0.15) is 0 Å². The lowest BCUT2D eigenvalue weighted by molar-refractivity contribution is 0.525. The van der Waals surface area contributed by atoms with Crippen molar-refractivity contribution in [2.24, 2.45) is 0 Å². The first-order valence-electron chi connectivity index (χ1n) is 4.04. The summed E-state index contributed by atoms with van der Waals surface area (Å²) in [5.74, 6) is 1.00. The first kappa shape index (κ1) is 8.27. The highest BCUT2D eigenvalue weighted by Gasteiger charge is 1.97. The number of H-pyrrole nitrogens is 1. The van der Waals surface area contributed by atoms with Crippen molar-refractivity contribution >= 4 is 0 Å². The minimum Gasteiger partial charge on any atom is -0.348 e. The topological polar surface area (TPSA) is 40.7 Å². The molecule has 0 aliphatic rings. The SMILES string of the molecule is CC[C@@H](C)NCc1ncc[nH]1. The summed E-state index contributed by atoms with van der Waals surface area (Å²) in [7, 11) is 0. The van der Waals surface area contributed by atoms with Crippen LogP contribution >= 0.6 is 0 Å². The molecule has 1 heterocycles. The van der Waals surface area contributed by atoms with Gasteiger partial charge < -0.3 is 10.3 Å². The van der Waals surface area contributed by atoms with Gasteiger partial charge in [0.2, 0.25) is 0 Å². The molecule has 62 valence electrons. The van der Waals surface area contributed by atoms with E-state index in [1.54, 1.807) is 6.20 Å². The van der Waals surface area contributed by atoms with Gasteiger partial charge in [0, 0.05) is 18.4 Å². The summed E-state index contributed by atoms with van der Waals surface area (Å²) in [6.45, 7) is 5.17. The van der Waals surface area contributed by atoms with E-state index in [1.807, 2.05) is 6.20 Å². The Labute approximate surface area is 67.2 Å². The molecule has 0 aliphatic heterocycles. The van der Waals surface area contributed by atoms with Gasteiger partial charge in [-0.15, -0.1) is 0 Å². The number of hydrogen-bond acceptors (Lipinski definition) is 2. The van der Waals surface area contributed by atoms with Crippen molar-refractivity contribution < 1.29 is 0 Å². The molecule has 0 bridgehead atoms. The van der Waals surface area contributed by atoms with Crippen LogP contribution < -0.4 is 5.32 Å². The molecule has 1 rings (SSSR count). The van der Waals surface area contributed by atoms with E-state index in [2.05, 4.69) is 29.1 Å². The molecule has 2 N–H and O–H groups in total. The quantitative estimate of drug-likeness (QED) is 0.684. The standard InChI is InChI=1S/C8H15N3/c1-3-7(2)11-6-8-9-4-5-10-8/h4-5,7,11H,3,6H2,1-2H3,(H,9,10)/t7-/m1/s1. The lowest BCUT2D eigenvalue weighted by atomic mass is 10.2. The fourth-order valence-electron chi connectivity index (χ4n) is 0.810. The third kappa shape index (κ3) is 2.72. The van der Waals surface area contributed by atoms with Crippen molar-refractivity contribution in [3.05, 3.63) is 18.2 Å². The first-order valence-corrected chi connectivity index (χ1v) is 4.04. The van der Waals surface area contributed by atoms with Gasteiger partial charge in [0.1, 0.15) is 5.82 Å². The number of aromatic amines is 1. The summed E-state index contributed by atoms with van der Waals surface area (Å²) in [5, 5.41) is 3.34. The van der Waals surface area contributed by atoms with Crippen molar-refractivity contribution in [3.63, 3.8) is 0 Å². The normalized spacial score (nSPS) is 13.3. The third-order valence-electron chi connectivity index (χ3n) is 1.79. The molecule has 0 radical (unpaired) electrons. The van der Waals surface area contributed by atoms with E-state index >= 15 is 0 Å². The van der Waals surface area contributed by atoms with Crippen LogP contribution in [0.3, 0.4) is 0 Å². The molecule has 0 saturated carbocycles. The number of aromatic nitrogens is 2. The fourth-order valence-corrected chi connectivity index (χ4v) is 0.810. The Morgan fingerprint density at radius 2 is 2.55 bits per heavy atom. The lowest BCUT2D eigenvalue weighted by Gasteiger charge is -2.08. The van der Waals surface area contributed by atoms with Gasteiger partial charge in [-0.05, 0) is 13.3 Å². The van der Waals surface area contributed by atoms with Gasteiger partial charge in [0.25, 0.3) is 0 Å². The van der Waals surface area contributed by atoms with Crippen LogP contribution in [0.25, 0.3) is 0 Å². The molecule has 0 aromatic carbocycles. The highest BCUT2D eigenvalue weighted by molar-refractivity contribution is 4.86. The van der Waals surface area contributed by atoms with Crippen molar-refractivity contribution in [2.75, 3.05) is 0 Å². The van der Waals surface area contributed by atoms with E-state index in [-0.39, 0.29) is 0 Å². The lowest BCUT2D eigenvalue weighted by Crippen LogP contribution is -2.24. The largest absolute Gasteiger partial charge is 0.348 e. The van der Waals surface area contributed by atoms with Crippen molar-refractivity contribution in [2.45, 2.75) is 32.9 Å². The molecule has 0 spiro atoms. The second kappa shape index (κ2) is 4.13. The maximum Gasteiger partial charge on any atom is 0.120 e. The van der Waals surface area contributed by atoms with Crippen LogP contribution in [-0.4, -0.2) is 16.0 Å². The molecule has 0 saturated heterocycles. The first-order chi connectivity index (χ1) is 5.33. The number of nitrogens with zero attached hydrogens (tertiary/aromatic N) is 1. The third-order valence-corrected chi connectivity index (χ3v) is 1.79. The Morgan fingerprint density at radius 3 is 3.09 bits per heavy atom. The molecule has 0 unspecified atom stereocenters. The summed E-state index contributed by atoms with van der Waals surface area (Å²) in [6, 6.07) is 0.570. The number of imidazole rings is 1. The van der Waals surface area contributed by atoms with E-state index in [4.69, 9.17) is 0 Å². The van der Waals surface area contributed by atoms with E-state index in [1.165, 1.54) is 0 Å². The summed E-state index contributed by atoms with van der Waals surface area (Å²) < 4.78 is 0. The van der Waals surface area contributed by atoms with E-state index in [0.717, 1.165) is 18.8 Å². The predicted molar refractivity (Wildman–Crippen MR) is 45.2 cm³/mol. The van der Waals surface area contributed by atoms with Gasteiger partial charge in [-0.3, -0.25) is 0 Å². The Morgan fingerprint density at radius 1 is 1.73 bits per heavy atom. The van der Waals surface area contributed by atoms with Crippen molar-refractivity contribution in [1.82, 2.24) is 15.3 Å². The number of rotatable bonds is 4. The summed E-state index contributed by atoms with van der Waals surface area (Å²) in [5.41, 5.74) is 0. The summed E-state index contributed by atoms with van der Waals surface area (Å²) in [6.07, 6.45) is 4.77. The zero-order valence-corrected chi connectivity index (χ0v) is 7.09. The van der Waals surface area contributed by atoms with Crippen LogP contribution in [0.5, 0.6) is 0 Å². The number of nitrogens with one attached hydrogen (secondary N) is 2. The molecule has 1 atom stereocenters. The van der Waals surface area contributed by atoms with Crippen LogP contribution in [0.15, 0.2) is 12.4 Å². The Kier molecular flexibility index (Phi) is 3.11. The van der Waals surface area contributed by atoms with Gasteiger partial charge in [-0.1, -0.05) is 6.92 Å². The second-order valence-electron chi connectivity index (χ2n) is 2.73. The molecule has 3 heteroatoms. The smallest absolute Gasteiger partial charge is 0.120 e. The van der Waals surface area contributed by atoms with Crippen LogP contribution in [0.4, 0.5) is 0 Å². The summed E-state index contributed by atoms with van der Waals surface area (Å²) in [4.78, 5) is 7.15. The highest BCUT2D eigenvalue weighted by atomic mass is 15.0. The molecule has 0 aliphatic carbocycles. The molecule has 1 aromatic heterocycles. The van der Waals surface area contributed by atoms with Gasteiger partial charge >= 0.3 is 0 Å². The van der Waals surface area contributed by atoms with Gasteiger partial charge in [-0.25, -0.2) is 4.98 Å². The number of hydrogen-bond donors (Lipinski definition) is 2. The van der Waals surface area contributed by atoms with E-state index < -0.39 is 0 Å². The maximum atomic E-state index is 4.10. The van der Waals surface area contributed by atoms with Crippen LogP contribution in [-0.2, 0) is 6.54 Å². The molecule has 11 heavy (non-hydrogen) atoms. The van der Waals surface area contributed by atoms with Gasteiger partial charge in [0.15, 0.2) is 0 Å². The maximum absolute atomic E-state index is 4.10. The molecular weight excluding hydrogens is 138 g/mol. The fraction of sp³-hybridized carbons (Fsp3) is 0.625. The predicted octanol–water partition coefficient (Wildman–Crippen LogP) is 1.30. The molecule has 1 aromatic rings. The van der Waals surface area contributed by atoms with Crippen LogP contribution in [0.2, 0.25) is 0 Å². The highest BCUT2D eigenvalue weighted by Crippen LogP contribution is 1.91. The van der Waals surface area contributed by atoms with Crippen LogP contribution in [0.1, 0.15) is 26.1 Å². The van der Waals surface area contributed by atoms with Crippen LogP contribution in [0, 0.1) is 0 Å². The Hall–Kier alpha value is -0.830. The average molecular weight is 153 g/mol. The minimum absolute atomic E-state index is 0.570. The second-order valence-corrected chi connectivity index (χ2v) is 2.73. The molecular formula is C8H15N3. The van der Waals surface area contributed by atoms with Gasteiger partial charge in [0.05, 0.1) is 6.54 Å².